The van der Waals surface area contributed by atoms with Gasteiger partial charge in [-0.15, -0.1) is 0 Å². The van der Waals surface area contributed by atoms with Gasteiger partial charge in [0.2, 0.25) is 5.88 Å². The molecule has 0 bridgehead atoms. The van der Waals surface area contributed by atoms with Crippen LogP contribution in [0.5, 0.6) is 5.88 Å². The molecule has 2 aromatic rings. The molecular formula is C14H17N3OS. The van der Waals surface area contributed by atoms with Crippen LogP contribution in [0.4, 0.5) is 0 Å². The molecule has 100 valence electrons. The number of rotatable bonds is 3. The second-order valence-electron chi connectivity index (χ2n) is 4.72. The van der Waals surface area contributed by atoms with Crippen LogP contribution < -0.4 is 10.1 Å². The molecule has 1 N–H and O–H groups in total. The molecule has 0 unspecified atom stereocenters. The lowest BCUT2D eigenvalue weighted by atomic mass is 10.1. The van der Waals surface area contributed by atoms with Gasteiger partial charge in [0.1, 0.15) is 11.9 Å². The van der Waals surface area contributed by atoms with Gasteiger partial charge >= 0.3 is 0 Å². The molecule has 0 spiro atoms. The highest BCUT2D eigenvalue weighted by atomic mass is 32.1. The highest BCUT2D eigenvalue weighted by Gasteiger charge is 2.16. The van der Waals surface area contributed by atoms with Crippen LogP contribution in [0.15, 0.2) is 22.9 Å². The summed E-state index contributed by atoms with van der Waals surface area (Å²) in [5.41, 5.74) is 2.07. The number of piperidine rings is 1. The van der Waals surface area contributed by atoms with Gasteiger partial charge in [-0.1, -0.05) is 0 Å². The molecule has 4 nitrogen and oxygen atoms in total. The Balaban J connectivity index is 1.81. The minimum absolute atomic E-state index is 0.269. The Hall–Kier alpha value is -1.46. The van der Waals surface area contributed by atoms with Crippen molar-refractivity contribution in [1.82, 2.24) is 15.3 Å². The lowest BCUT2D eigenvalue weighted by molar-refractivity contribution is 0.155. The lowest BCUT2D eigenvalue weighted by Crippen LogP contribution is -2.34. The number of nitrogens with one attached hydrogen (secondary N) is 1. The molecular weight excluding hydrogens is 258 g/mol. The molecule has 3 heterocycles. The first-order valence-corrected chi connectivity index (χ1v) is 7.51. The number of aryl methyl sites for hydroxylation is 1. The Bertz CT molecular complexity index is 536. The highest BCUT2D eigenvalue weighted by molar-refractivity contribution is 7.08. The number of thiophene rings is 1. The van der Waals surface area contributed by atoms with E-state index in [0.717, 1.165) is 43.0 Å². The van der Waals surface area contributed by atoms with Crippen LogP contribution >= 0.6 is 11.3 Å². The maximum Gasteiger partial charge on any atom is 0.217 e. The zero-order chi connectivity index (χ0) is 13.1. The maximum absolute atomic E-state index is 5.99. The third-order valence-electron chi connectivity index (χ3n) is 3.20. The summed E-state index contributed by atoms with van der Waals surface area (Å²) in [7, 11) is 0. The van der Waals surface area contributed by atoms with Crippen molar-refractivity contribution in [3.8, 4) is 17.1 Å². The van der Waals surface area contributed by atoms with Crippen molar-refractivity contribution < 1.29 is 4.74 Å². The van der Waals surface area contributed by atoms with E-state index in [1.165, 1.54) is 0 Å². The zero-order valence-electron chi connectivity index (χ0n) is 10.9. The summed E-state index contributed by atoms with van der Waals surface area (Å²) in [4.78, 5) is 8.86. The zero-order valence-corrected chi connectivity index (χ0v) is 11.7. The van der Waals surface area contributed by atoms with Crippen LogP contribution in [0.3, 0.4) is 0 Å². The molecule has 0 aliphatic carbocycles. The Morgan fingerprint density at radius 1 is 1.32 bits per heavy atom. The SMILES string of the molecule is Cc1nc(OC2CCNCC2)cc(-c2ccsc2)n1. The summed E-state index contributed by atoms with van der Waals surface area (Å²) in [5, 5.41) is 7.48. The average molecular weight is 275 g/mol. The Morgan fingerprint density at radius 3 is 2.89 bits per heavy atom. The van der Waals surface area contributed by atoms with E-state index in [1.54, 1.807) is 11.3 Å². The summed E-state index contributed by atoms with van der Waals surface area (Å²) in [6.45, 7) is 3.95. The predicted octanol–water partition coefficient (Wildman–Crippen LogP) is 2.64. The minimum atomic E-state index is 0.269. The van der Waals surface area contributed by atoms with Crippen molar-refractivity contribution in [2.45, 2.75) is 25.9 Å². The van der Waals surface area contributed by atoms with Crippen molar-refractivity contribution in [3.05, 3.63) is 28.7 Å². The third kappa shape index (κ3) is 3.11. The van der Waals surface area contributed by atoms with Gasteiger partial charge in [-0.05, 0) is 44.3 Å². The first-order valence-electron chi connectivity index (χ1n) is 6.57. The van der Waals surface area contributed by atoms with E-state index in [-0.39, 0.29) is 6.10 Å². The number of hydrogen-bond acceptors (Lipinski definition) is 5. The molecule has 1 saturated heterocycles. The van der Waals surface area contributed by atoms with Crippen molar-refractivity contribution in [1.29, 1.82) is 0 Å². The molecule has 0 amide bonds. The molecule has 0 atom stereocenters. The van der Waals surface area contributed by atoms with Gasteiger partial charge in [0.05, 0.1) is 5.69 Å². The second-order valence-corrected chi connectivity index (χ2v) is 5.50. The third-order valence-corrected chi connectivity index (χ3v) is 3.89. The van der Waals surface area contributed by atoms with Gasteiger partial charge in [0.15, 0.2) is 0 Å². The summed E-state index contributed by atoms with van der Waals surface area (Å²) >= 11 is 1.67. The summed E-state index contributed by atoms with van der Waals surface area (Å²) in [6, 6.07) is 4.01. The first-order chi connectivity index (χ1) is 9.31. The Kier molecular flexibility index (Phi) is 3.75. The Labute approximate surface area is 116 Å². The van der Waals surface area contributed by atoms with Gasteiger partial charge in [-0.2, -0.15) is 16.3 Å². The smallest absolute Gasteiger partial charge is 0.217 e. The molecule has 3 rings (SSSR count). The van der Waals surface area contributed by atoms with Crippen molar-refractivity contribution >= 4 is 11.3 Å². The Morgan fingerprint density at radius 2 is 2.16 bits per heavy atom. The van der Waals surface area contributed by atoms with E-state index in [9.17, 15) is 0 Å². The van der Waals surface area contributed by atoms with Crippen molar-refractivity contribution in [3.63, 3.8) is 0 Å². The van der Waals surface area contributed by atoms with Crippen LogP contribution in [0.1, 0.15) is 18.7 Å². The quantitative estimate of drug-likeness (QED) is 0.935. The number of hydrogen-bond donors (Lipinski definition) is 1. The second kappa shape index (κ2) is 5.67. The molecule has 5 heteroatoms. The van der Waals surface area contributed by atoms with Gasteiger partial charge < -0.3 is 10.1 Å². The minimum Gasteiger partial charge on any atom is -0.474 e. The highest BCUT2D eigenvalue weighted by Crippen LogP contribution is 2.24. The van der Waals surface area contributed by atoms with Crippen LogP contribution in [0, 0.1) is 6.92 Å². The summed E-state index contributed by atoms with van der Waals surface area (Å²) in [5.74, 6) is 1.45. The normalized spacial score (nSPS) is 16.5. The van der Waals surface area contributed by atoms with E-state index in [0.29, 0.717) is 5.88 Å². The maximum atomic E-state index is 5.99. The topological polar surface area (TPSA) is 47.0 Å². The predicted molar refractivity (Wildman–Crippen MR) is 76.6 cm³/mol. The van der Waals surface area contributed by atoms with Gasteiger partial charge in [-0.25, -0.2) is 4.98 Å². The average Bonchev–Trinajstić information content (AvgIpc) is 2.93. The van der Waals surface area contributed by atoms with Crippen molar-refractivity contribution in [2.75, 3.05) is 13.1 Å². The monoisotopic (exact) mass is 275 g/mol. The van der Waals surface area contributed by atoms with Gasteiger partial charge in [0, 0.05) is 17.0 Å². The number of aromatic nitrogens is 2. The summed E-state index contributed by atoms with van der Waals surface area (Å²) in [6.07, 6.45) is 2.35. The molecule has 19 heavy (non-hydrogen) atoms. The van der Waals surface area contributed by atoms with E-state index in [1.807, 2.05) is 13.0 Å². The molecule has 1 fully saturated rings. The standard InChI is InChI=1S/C14H17N3OS/c1-10-16-13(11-4-7-19-9-11)8-14(17-10)18-12-2-5-15-6-3-12/h4,7-9,12,15H,2-3,5-6H2,1H3. The lowest BCUT2D eigenvalue weighted by Gasteiger charge is -2.23. The molecule has 0 radical (unpaired) electrons. The molecule has 1 aliphatic heterocycles. The molecule has 0 aromatic carbocycles. The van der Waals surface area contributed by atoms with Crippen LogP contribution in [-0.2, 0) is 0 Å². The van der Waals surface area contributed by atoms with Crippen LogP contribution in [-0.4, -0.2) is 29.2 Å². The molecule has 2 aromatic heterocycles. The van der Waals surface area contributed by atoms with E-state index < -0.39 is 0 Å². The van der Waals surface area contributed by atoms with E-state index in [2.05, 4.69) is 32.1 Å². The fraction of sp³-hybridized carbons (Fsp3) is 0.429. The van der Waals surface area contributed by atoms with Crippen LogP contribution in [0.2, 0.25) is 0 Å². The summed E-state index contributed by atoms with van der Waals surface area (Å²) < 4.78 is 5.99. The van der Waals surface area contributed by atoms with Crippen LogP contribution in [0.25, 0.3) is 11.3 Å². The molecule has 0 saturated carbocycles. The van der Waals surface area contributed by atoms with E-state index >= 15 is 0 Å². The van der Waals surface area contributed by atoms with Gasteiger partial charge in [-0.3, -0.25) is 0 Å². The number of nitrogens with zero attached hydrogens (tertiary/aromatic N) is 2. The van der Waals surface area contributed by atoms with E-state index in [4.69, 9.17) is 4.74 Å². The largest absolute Gasteiger partial charge is 0.474 e. The molecule has 1 aliphatic rings. The fourth-order valence-electron chi connectivity index (χ4n) is 2.24. The first kappa shape index (κ1) is 12.6. The van der Waals surface area contributed by atoms with Crippen molar-refractivity contribution in [2.24, 2.45) is 0 Å². The van der Waals surface area contributed by atoms with Gasteiger partial charge in [0.25, 0.3) is 0 Å². The fourth-order valence-corrected chi connectivity index (χ4v) is 2.89. The number of ether oxygens (including phenoxy) is 1.